The Labute approximate surface area is 141 Å². The Balaban J connectivity index is 2.03. The van der Waals surface area contributed by atoms with Crippen LogP contribution < -0.4 is 10.1 Å². The lowest BCUT2D eigenvalue weighted by atomic mass is 10.0. The highest BCUT2D eigenvalue weighted by molar-refractivity contribution is 5.87. The molecule has 0 aliphatic rings. The van der Waals surface area contributed by atoms with E-state index in [1.165, 1.54) is 42.0 Å². The molecular formula is C21H31NO. The van der Waals surface area contributed by atoms with Crippen LogP contribution in [0, 0.1) is 0 Å². The van der Waals surface area contributed by atoms with E-state index in [1.54, 1.807) is 0 Å². The first kappa shape index (κ1) is 17.8. The molecule has 0 heterocycles. The van der Waals surface area contributed by atoms with Crippen LogP contribution in [0.25, 0.3) is 10.8 Å². The van der Waals surface area contributed by atoms with Gasteiger partial charge < -0.3 is 10.1 Å². The molecule has 0 saturated heterocycles. The predicted molar refractivity (Wildman–Crippen MR) is 100 cm³/mol. The summed E-state index contributed by atoms with van der Waals surface area (Å²) >= 11 is 0. The minimum absolute atomic E-state index is 0.822. The Bertz CT molecular complexity index is 579. The maximum atomic E-state index is 6.12. The first-order valence-electron chi connectivity index (χ1n) is 9.21. The molecule has 23 heavy (non-hydrogen) atoms. The van der Waals surface area contributed by atoms with Crippen molar-refractivity contribution in [2.24, 2.45) is 0 Å². The number of hydrogen-bond acceptors (Lipinski definition) is 2. The van der Waals surface area contributed by atoms with Gasteiger partial charge in [0.2, 0.25) is 0 Å². The Hall–Kier alpha value is -1.54. The molecule has 0 aliphatic heterocycles. The molecule has 0 fully saturated rings. The van der Waals surface area contributed by atoms with Crippen LogP contribution in [0.1, 0.15) is 57.9 Å². The van der Waals surface area contributed by atoms with Gasteiger partial charge in [-0.3, -0.25) is 0 Å². The molecule has 0 aromatic heterocycles. The summed E-state index contributed by atoms with van der Waals surface area (Å²) < 4.78 is 6.12. The van der Waals surface area contributed by atoms with Crippen molar-refractivity contribution in [1.29, 1.82) is 0 Å². The molecule has 2 rings (SSSR count). The van der Waals surface area contributed by atoms with Gasteiger partial charge in [-0.15, -0.1) is 0 Å². The SMILES string of the molecule is CCCCCCCOc1ccc2ccccc2c1CNCCC. The maximum absolute atomic E-state index is 6.12. The minimum atomic E-state index is 0.822. The predicted octanol–water partition coefficient (Wildman–Crippen LogP) is 5.69. The molecule has 2 heteroatoms. The van der Waals surface area contributed by atoms with E-state index in [4.69, 9.17) is 4.74 Å². The molecule has 0 aliphatic carbocycles. The fourth-order valence-electron chi connectivity index (χ4n) is 2.91. The standard InChI is InChI=1S/C21H31NO/c1-3-5-6-7-10-16-23-21-14-13-18-11-8-9-12-19(18)20(21)17-22-15-4-2/h8-9,11-14,22H,3-7,10,15-17H2,1-2H3. The third-order valence-corrected chi connectivity index (χ3v) is 4.23. The summed E-state index contributed by atoms with van der Waals surface area (Å²) in [7, 11) is 0. The fraction of sp³-hybridized carbons (Fsp3) is 0.524. The zero-order chi connectivity index (χ0) is 16.3. The molecule has 2 nitrogen and oxygen atoms in total. The van der Waals surface area contributed by atoms with Crippen molar-refractivity contribution < 1.29 is 4.74 Å². The van der Waals surface area contributed by atoms with Crippen molar-refractivity contribution in [3.63, 3.8) is 0 Å². The molecule has 0 radical (unpaired) electrons. The topological polar surface area (TPSA) is 21.3 Å². The summed E-state index contributed by atoms with van der Waals surface area (Å²) in [5, 5.41) is 6.12. The second-order valence-electron chi connectivity index (χ2n) is 6.20. The van der Waals surface area contributed by atoms with Gasteiger partial charge >= 0.3 is 0 Å². The van der Waals surface area contributed by atoms with Crippen LogP contribution in [0.4, 0.5) is 0 Å². The van der Waals surface area contributed by atoms with Gasteiger partial charge in [0.15, 0.2) is 0 Å². The number of nitrogens with one attached hydrogen (secondary N) is 1. The van der Waals surface area contributed by atoms with Crippen LogP contribution in [0.15, 0.2) is 36.4 Å². The van der Waals surface area contributed by atoms with Gasteiger partial charge in [-0.25, -0.2) is 0 Å². The molecule has 2 aromatic carbocycles. The average Bonchev–Trinajstić information content (AvgIpc) is 2.59. The lowest BCUT2D eigenvalue weighted by Crippen LogP contribution is -2.15. The lowest BCUT2D eigenvalue weighted by molar-refractivity contribution is 0.301. The second-order valence-corrected chi connectivity index (χ2v) is 6.20. The van der Waals surface area contributed by atoms with E-state index in [2.05, 4.69) is 55.6 Å². The largest absolute Gasteiger partial charge is 0.493 e. The van der Waals surface area contributed by atoms with Gasteiger partial charge in [-0.05, 0) is 36.2 Å². The van der Waals surface area contributed by atoms with Crippen molar-refractivity contribution in [2.75, 3.05) is 13.2 Å². The quantitative estimate of drug-likeness (QED) is 0.538. The number of unbranched alkanes of at least 4 members (excludes halogenated alkanes) is 4. The molecule has 0 bridgehead atoms. The van der Waals surface area contributed by atoms with Crippen LogP contribution in [0.2, 0.25) is 0 Å². The van der Waals surface area contributed by atoms with Crippen molar-refractivity contribution in [3.05, 3.63) is 42.0 Å². The van der Waals surface area contributed by atoms with Crippen molar-refractivity contribution >= 4 is 10.8 Å². The van der Waals surface area contributed by atoms with E-state index < -0.39 is 0 Å². The summed E-state index contributed by atoms with van der Waals surface area (Å²) in [5.74, 6) is 1.04. The van der Waals surface area contributed by atoms with Gasteiger partial charge in [0, 0.05) is 12.1 Å². The van der Waals surface area contributed by atoms with E-state index in [9.17, 15) is 0 Å². The summed E-state index contributed by atoms with van der Waals surface area (Å²) in [6.45, 7) is 7.19. The molecule has 2 aromatic rings. The summed E-state index contributed by atoms with van der Waals surface area (Å²) in [6, 6.07) is 12.9. The average molecular weight is 313 g/mol. The number of rotatable bonds is 11. The molecular weight excluding hydrogens is 282 g/mol. The van der Waals surface area contributed by atoms with Crippen LogP contribution >= 0.6 is 0 Å². The van der Waals surface area contributed by atoms with Crippen LogP contribution in [0.3, 0.4) is 0 Å². The van der Waals surface area contributed by atoms with E-state index in [0.29, 0.717) is 0 Å². The first-order chi connectivity index (χ1) is 11.4. The monoisotopic (exact) mass is 313 g/mol. The van der Waals surface area contributed by atoms with E-state index in [1.807, 2.05) is 0 Å². The van der Waals surface area contributed by atoms with Gasteiger partial charge in [-0.2, -0.15) is 0 Å². The Kier molecular flexibility index (Phi) is 7.96. The Morgan fingerprint density at radius 3 is 2.52 bits per heavy atom. The highest BCUT2D eigenvalue weighted by Crippen LogP contribution is 2.28. The van der Waals surface area contributed by atoms with Crippen molar-refractivity contribution in [1.82, 2.24) is 5.32 Å². The minimum Gasteiger partial charge on any atom is -0.493 e. The molecule has 0 amide bonds. The Morgan fingerprint density at radius 1 is 0.870 bits per heavy atom. The van der Waals surface area contributed by atoms with Crippen LogP contribution in [0.5, 0.6) is 5.75 Å². The normalized spacial score (nSPS) is 11.0. The van der Waals surface area contributed by atoms with Gasteiger partial charge in [0.25, 0.3) is 0 Å². The third-order valence-electron chi connectivity index (χ3n) is 4.23. The maximum Gasteiger partial charge on any atom is 0.124 e. The first-order valence-corrected chi connectivity index (χ1v) is 9.21. The summed E-state index contributed by atoms with van der Waals surface area (Å²) in [6.07, 6.45) is 7.52. The zero-order valence-electron chi connectivity index (χ0n) is 14.7. The van der Waals surface area contributed by atoms with Gasteiger partial charge in [0.05, 0.1) is 6.61 Å². The van der Waals surface area contributed by atoms with Crippen LogP contribution in [-0.2, 0) is 6.54 Å². The zero-order valence-corrected chi connectivity index (χ0v) is 14.7. The number of ether oxygens (including phenoxy) is 1. The van der Waals surface area contributed by atoms with E-state index >= 15 is 0 Å². The number of fused-ring (bicyclic) bond motifs is 1. The van der Waals surface area contributed by atoms with E-state index in [-0.39, 0.29) is 0 Å². The highest BCUT2D eigenvalue weighted by Gasteiger charge is 2.08. The summed E-state index contributed by atoms with van der Waals surface area (Å²) in [4.78, 5) is 0. The smallest absolute Gasteiger partial charge is 0.124 e. The third kappa shape index (κ3) is 5.54. The lowest BCUT2D eigenvalue weighted by Gasteiger charge is -2.15. The molecule has 0 spiro atoms. The second kappa shape index (κ2) is 10.3. The molecule has 1 N–H and O–H groups in total. The molecule has 0 atom stereocenters. The van der Waals surface area contributed by atoms with E-state index in [0.717, 1.165) is 38.3 Å². The Morgan fingerprint density at radius 2 is 1.70 bits per heavy atom. The number of benzene rings is 2. The highest BCUT2D eigenvalue weighted by atomic mass is 16.5. The molecule has 0 unspecified atom stereocenters. The summed E-state index contributed by atoms with van der Waals surface area (Å²) in [5.41, 5.74) is 1.30. The van der Waals surface area contributed by atoms with Gasteiger partial charge in [0.1, 0.15) is 5.75 Å². The molecule has 126 valence electrons. The molecule has 0 saturated carbocycles. The number of hydrogen-bond donors (Lipinski definition) is 1. The van der Waals surface area contributed by atoms with Crippen molar-refractivity contribution in [2.45, 2.75) is 58.9 Å². The van der Waals surface area contributed by atoms with Crippen LogP contribution in [-0.4, -0.2) is 13.2 Å². The van der Waals surface area contributed by atoms with Gasteiger partial charge in [-0.1, -0.05) is 69.9 Å². The van der Waals surface area contributed by atoms with Crippen molar-refractivity contribution in [3.8, 4) is 5.75 Å². The fourth-order valence-corrected chi connectivity index (χ4v) is 2.91.